The predicted octanol–water partition coefficient (Wildman–Crippen LogP) is 6.45. The zero-order valence-electron chi connectivity index (χ0n) is 20.4. The summed E-state index contributed by atoms with van der Waals surface area (Å²) < 4.78 is 14.1. The molecular weight excluding hydrogens is 490 g/mol. The third-order valence-corrected chi connectivity index (χ3v) is 7.95. The second-order valence-corrected chi connectivity index (χ2v) is 10.2. The number of hydrogen-bond acceptors (Lipinski definition) is 6. The standard InChI is InChI=1S/C29H26ClN3O4/c1-2-11-28-12-13-29(37-28,14-15-36-23-10-8-19(30)17-32-23)25-24(28)26(34)33(27(25)35)22-9-7-18(16-31)20-5-3-4-6-21(20)22/h3-10,17,34-35H,2,11-15H2,1H3/t28-,29-/m0/s1. The molecule has 2 aromatic heterocycles. The molecule has 4 heterocycles. The van der Waals surface area contributed by atoms with Crippen LogP contribution in [-0.2, 0) is 15.9 Å². The highest BCUT2D eigenvalue weighted by Crippen LogP contribution is 2.67. The quantitative estimate of drug-likeness (QED) is 0.293. The molecule has 4 aromatic rings. The van der Waals surface area contributed by atoms with Crippen LogP contribution in [-0.4, -0.2) is 26.4 Å². The van der Waals surface area contributed by atoms with Crippen LogP contribution in [0.4, 0.5) is 0 Å². The summed E-state index contributed by atoms with van der Waals surface area (Å²) >= 11 is 5.93. The molecule has 0 aliphatic carbocycles. The van der Waals surface area contributed by atoms with Gasteiger partial charge in [-0.2, -0.15) is 5.26 Å². The van der Waals surface area contributed by atoms with Crippen molar-refractivity contribution in [3.8, 4) is 29.4 Å². The molecule has 2 aliphatic heterocycles. The van der Waals surface area contributed by atoms with Crippen molar-refractivity contribution in [1.82, 2.24) is 9.55 Å². The van der Waals surface area contributed by atoms with E-state index in [1.165, 1.54) is 10.8 Å². The highest BCUT2D eigenvalue weighted by molar-refractivity contribution is 6.30. The normalized spacial score (nSPS) is 21.8. The minimum atomic E-state index is -0.786. The van der Waals surface area contributed by atoms with Gasteiger partial charge in [0.15, 0.2) is 0 Å². The molecule has 2 N–H and O–H groups in total. The van der Waals surface area contributed by atoms with E-state index in [1.807, 2.05) is 24.3 Å². The van der Waals surface area contributed by atoms with Gasteiger partial charge in [-0.15, -0.1) is 0 Å². The minimum absolute atomic E-state index is 0.0160. The Morgan fingerprint density at radius 1 is 1.03 bits per heavy atom. The molecule has 1 fully saturated rings. The highest BCUT2D eigenvalue weighted by atomic mass is 35.5. The summed E-state index contributed by atoms with van der Waals surface area (Å²) in [5.41, 5.74) is 0.987. The van der Waals surface area contributed by atoms with E-state index in [0.717, 1.165) is 30.0 Å². The SMILES string of the molecule is CCC[C@@]12CC[C@@](CCOc3ccc(Cl)cn3)(O1)c1c2c(O)n(-c2ccc(C#N)c3ccccc23)c1O. The van der Waals surface area contributed by atoms with E-state index in [2.05, 4.69) is 18.0 Å². The zero-order chi connectivity index (χ0) is 25.8. The highest BCUT2D eigenvalue weighted by Gasteiger charge is 2.63. The van der Waals surface area contributed by atoms with Gasteiger partial charge in [0.1, 0.15) is 11.2 Å². The van der Waals surface area contributed by atoms with Gasteiger partial charge < -0.3 is 19.7 Å². The maximum atomic E-state index is 11.7. The number of nitrogens with zero attached hydrogens (tertiary/aromatic N) is 3. The second kappa shape index (κ2) is 8.69. The summed E-state index contributed by atoms with van der Waals surface area (Å²) in [7, 11) is 0. The summed E-state index contributed by atoms with van der Waals surface area (Å²) in [5, 5.41) is 35.0. The lowest BCUT2D eigenvalue weighted by Gasteiger charge is -2.27. The van der Waals surface area contributed by atoms with Crippen LogP contribution in [0, 0.1) is 11.3 Å². The summed E-state index contributed by atoms with van der Waals surface area (Å²) in [5.74, 6) is 0.410. The van der Waals surface area contributed by atoms with Crippen molar-refractivity contribution in [3.05, 3.63) is 76.4 Å². The fraction of sp³-hybridized carbons (Fsp3) is 0.310. The van der Waals surface area contributed by atoms with Gasteiger partial charge in [0.2, 0.25) is 17.6 Å². The molecule has 2 atom stereocenters. The van der Waals surface area contributed by atoms with E-state index in [1.54, 1.807) is 24.3 Å². The van der Waals surface area contributed by atoms with Gasteiger partial charge in [-0.1, -0.05) is 49.2 Å². The summed E-state index contributed by atoms with van der Waals surface area (Å²) in [6.45, 7) is 2.41. The molecule has 1 saturated heterocycles. The first kappa shape index (κ1) is 23.7. The van der Waals surface area contributed by atoms with E-state index in [0.29, 0.717) is 52.7 Å². The molecule has 0 radical (unpaired) electrons. The van der Waals surface area contributed by atoms with Crippen molar-refractivity contribution in [3.63, 3.8) is 0 Å². The van der Waals surface area contributed by atoms with Gasteiger partial charge in [0.05, 0.1) is 40.1 Å². The van der Waals surface area contributed by atoms with Gasteiger partial charge in [-0.3, -0.25) is 4.57 Å². The van der Waals surface area contributed by atoms with Crippen LogP contribution in [0.15, 0.2) is 54.7 Å². The largest absolute Gasteiger partial charge is 0.494 e. The lowest BCUT2D eigenvalue weighted by molar-refractivity contribution is -0.101. The summed E-state index contributed by atoms with van der Waals surface area (Å²) in [6, 6.07) is 16.7. The fourth-order valence-corrected chi connectivity index (χ4v) is 6.33. The Morgan fingerprint density at radius 2 is 1.73 bits per heavy atom. The molecule has 188 valence electrons. The lowest BCUT2D eigenvalue weighted by Crippen LogP contribution is -2.26. The molecule has 8 heteroatoms. The molecule has 0 unspecified atom stereocenters. The van der Waals surface area contributed by atoms with Crippen LogP contribution in [0.3, 0.4) is 0 Å². The van der Waals surface area contributed by atoms with Crippen LogP contribution in [0.25, 0.3) is 16.5 Å². The van der Waals surface area contributed by atoms with Gasteiger partial charge in [-0.25, -0.2) is 4.98 Å². The van der Waals surface area contributed by atoms with Crippen LogP contribution in [0.1, 0.15) is 55.7 Å². The topological polar surface area (TPSA) is 101 Å². The molecule has 2 aromatic carbocycles. The Labute approximate surface area is 219 Å². The van der Waals surface area contributed by atoms with Crippen LogP contribution < -0.4 is 4.74 Å². The number of halogens is 1. The maximum absolute atomic E-state index is 11.7. The van der Waals surface area contributed by atoms with Gasteiger partial charge in [0.25, 0.3) is 0 Å². The van der Waals surface area contributed by atoms with Crippen molar-refractivity contribution >= 4 is 22.4 Å². The number of ether oxygens (including phenoxy) is 2. The molecule has 0 spiro atoms. The first-order valence-electron chi connectivity index (χ1n) is 12.5. The maximum Gasteiger partial charge on any atom is 0.213 e. The average Bonchev–Trinajstić information content (AvgIpc) is 3.51. The van der Waals surface area contributed by atoms with Crippen molar-refractivity contribution in [2.24, 2.45) is 0 Å². The van der Waals surface area contributed by atoms with Gasteiger partial charge >= 0.3 is 0 Å². The molecule has 7 nitrogen and oxygen atoms in total. The van der Waals surface area contributed by atoms with Gasteiger partial charge in [0, 0.05) is 29.5 Å². The van der Waals surface area contributed by atoms with E-state index >= 15 is 0 Å². The lowest BCUT2D eigenvalue weighted by atomic mass is 9.75. The first-order valence-corrected chi connectivity index (χ1v) is 12.9. The number of hydrogen-bond donors (Lipinski definition) is 2. The number of aromatic nitrogens is 2. The Hall–Kier alpha value is -3.73. The van der Waals surface area contributed by atoms with Crippen molar-refractivity contribution in [2.75, 3.05) is 6.61 Å². The average molecular weight is 516 g/mol. The molecule has 0 amide bonds. The molecular formula is C29H26ClN3O4. The number of pyridine rings is 1. The van der Waals surface area contributed by atoms with E-state index in [-0.39, 0.29) is 11.8 Å². The van der Waals surface area contributed by atoms with Crippen LogP contribution in [0.2, 0.25) is 5.02 Å². The fourth-order valence-electron chi connectivity index (χ4n) is 6.22. The van der Waals surface area contributed by atoms with E-state index in [9.17, 15) is 15.5 Å². The van der Waals surface area contributed by atoms with Crippen molar-refractivity contribution in [1.29, 1.82) is 5.26 Å². The zero-order valence-corrected chi connectivity index (χ0v) is 21.1. The third kappa shape index (κ3) is 3.47. The first-order chi connectivity index (χ1) is 17.9. The number of aromatic hydroxyl groups is 2. The van der Waals surface area contributed by atoms with Gasteiger partial charge in [-0.05, 0) is 37.5 Å². The number of benzene rings is 2. The van der Waals surface area contributed by atoms with Crippen molar-refractivity contribution in [2.45, 2.75) is 50.2 Å². The Bertz CT molecular complexity index is 1560. The minimum Gasteiger partial charge on any atom is -0.494 e. The Balaban J connectivity index is 1.45. The number of fused-ring (bicyclic) bond motifs is 6. The Kier molecular flexibility index (Phi) is 5.55. The number of nitriles is 1. The molecule has 2 bridgehead atoms. The van der Waals surface area contributed by atoms with E-state index in [4.69, 9.17) is 21.1 Å². The predicted molar refractivity (Wildman–Crippen MR) is 139 cm³/mol. The van der Waals surface area contributed by atoms with Crippen LogP contribution in [0.5, 0.6) is 17.6 Å². The van der Waals surface area contributed by atoms with Crippen LogP contribution >= 0.6 is 11.6 Å². The third-order valence-electron chi connectivity index (χ3n) is 7.73. The summed E-state index contributed by atoms with van der Waals surface area (Å²) in [4.78, 5) is 4.20. The number of rotatable bonds is 7. The second-order valence-electron chi connectivity index (χ2n) is 9.78. The molecule has 37 heavy (non-hydrogen) atoms. The Morgan fingerprint density at radius 3 is 2.38 bits per heavy atom. The summed E-state index contributed by atoms with van der Waals surface area (Å²) in [6.07, 6.45) is 5.08. The molecule has 0 saturated carbocycles. The molecule has 6 rings (SSSR count). The smallest absolute Gasteiger partial charge is 0.213 e. The molecule has 2 aliphatic rings. The van der Waals surface area contributed by atoms with E-state index < -0.39 is 11.2 Å². The van der Waals surface area contributed by atoms with Crippen molar-refractivity contribution < 1.29 is 19.7 Å². The monoisotopic (exact) mass is 515 g/mol.